The Labute approximate surface area is 243 Å². The number of benzene rings is 1. The van der Waals surface area contributed by atoms with Crippen molar-refractivity contribution >= 4 is 5.97 Å². The molecule has 0 saturated heterocycles. The molecule has 1 N–H and O–H groups in total. The summed E-state index contributed by atoms with van der Waals surface area (Å²) in [5.74, 6) is 1.50. The molecule has 3 heteroatoms. The third-order valence-corrected chi connectivity index (χ3v) is 14.2. The Bertz CT molecular complexity index is 1180. The van der Waals surface area contributed by atoms with Crippen molar-refractivity contribution in [3.05, 3.63) is 47.5 Å². The number of allylic oxidation sites excluding steroid dienone is 2. The van der Waals surface area contributed by atoms with Crippen molar-refractivity contribution in [3.63, 3.8) is 0 Å². The molecule has 5 aliphatic rings. The average molecular weight is 547 g/mol. The Hall–Kier alpha value is -1.61. The molecule has 0 heterocycles. The van der Waals surface area contributed by atoms with Gasteiger partial charge in [0.05, 0.1) is 11.5 Å². The molecule has 8 atom stereocenters. The SMILES string of the molecule is CC1(C)CC[C@]2(C(=O)OCc3ccccc3)CC[C@]3(C)C(=CC[C@@H]4[C@@]5(C)CC[C@H](O)C(C)(C)[C@@H]5CC[C@]43C)[C@H]2C1. The molecule has 3 nitrogen and oxygen atoms in total. The monoisotopic (exact) mass is 546 g/mol. The van der Waals surface area contributed by atoms with Crippen molar-refractivity contribution < 1.29 is 14.6 Å². The van der Waals surface area contributed by atoms with Gasteiger partial charge in [-0.2, -0.15) is 0 Å². The zero-order valence-electron chi connectivity index (χ0n) is 26.3. The van der Waals surface area contributed by atoms with Crippen molar-refractivity contribution in [2.45, 2.75) is 125 Å². The lowest BCUT2D eigenvalue weighted by Gasteiger charge is -2.71. The summed E-state index contributed by atoms with van der Waals surface area (Å²) in [5, 5.41) is 11.0. The second-order valence-corrected chi connectivity index (χ2v) is 16.8. The van der Waals surface area contributed by atoms with Gasteiger partial charge in [0.2, 0.25) is 0 Å². The van der Waals surface area contributed by atoms with Crippen LogP contribution in [0.25, 0.3) is 0 Å². The van der Waals surface area contributed by atoms with Gasteiger partial charge in [-0.05, 0) is 115 Å². The quantitative estimate of drug-likeness (QED) is 0.304. The maximum absolute atomic E-state index is 14.1. The summed E-state index contributed by atoms with van der Waals surface area (Å²) >= 11 is 0. The predicted octanol–water partition coefficient (Wildman–Crippen LogP) is 8.89. The second kappa shape index (κ2) is 9.19. The minimum atomic E-state index is -0.392. The molecule has 0 bridgehead atoms. The maximum Gasteiger partial charge on any atom is 0.313 e. The van der Waals surface area contributed by atoms with Gasteiger partial charge >= 0.3 is 5.97 Å². The summed E-state index contributed by atoms with van der Waals surface area (Å²) in [4.78, 5) is 14.1. The molecule has 0 aliphatic heterocycles. The molecule has 4 saturated carbocycles. The van der Waals surface area contributed by atoms with Gasteiger partial charge in [0.15, 0.2) is 0 Å². The molecule has 0 spiro atoms. The third kappa shape index (κ3) is 3.88. The lowest BCUT2D eigenvalue weighted by molar-refractivity contribution is -0.206. The van der Waals surface area contributed by atoms with Crippen LogP contribution >= 0.6 is 0 Å². The molecular weight excluding hydrogens is 492 g/mol. The molecule has 0 aromatic heterocycles. The zero-order valence-corrected chi connectivity index (χ0v) is 26.3. The van der Waals surface area contributed by atoms with Crippen LogP contribution in [-0.4, -0.2) is 17.2 Å². The van der Waals surface area contributed by atoms with E-state index in [2.05, 4.69) is 66.7 Å². The zero-order chi connectivity index (χ0) is 28.8. The highest BCUT2D eigenvalue weighted by Crippen LogP contribution is 2.75. The summed E-state index contributed by atoms with van der Waals surface area (Å²) in [6.07, 6.45) is 13.2. The molecule has 1 aromatic rings. The Morgan fingerprint density at radius 2 is 1.57 bits per heavy atom. The van der Waals surface area contributed by atoms with Crippen LogP contribution in [0.3, 0.4) is 0 Å². The van der Waals surface area contributed by atoms with Crippen LogP contribution in [-0.2, 0) is 16.1 Å². The largest absolute Gasteiger partial charge is 0.460 e. The summed E-state index contributed by atoms with van der Waals surface area (Å²) in [7, 11) is 0. The first-order chi connectivity index (χ1) is 18.7. The molecule has 0 unspecified atom stereocenters. The number of aliphatic hydroxyl groups is 1. The van der Waals surface area contributed by atoms with E-state index < -0.39 is 5.41 Å². The Morgan fingerprint density at radius 3 is 2.30 bits per heavy atom. The number of hydrogen-bond acceptors (Lipinski definition) is 3. The smallest absolute Gasteiger partial charge is 0.313 e. The van der Waals surface area contributed by atoms with Gasteiger partial charge in [-0.1, -0.05) is 90.4 Å². The predicted molar refractivity (Wildman–Crippen MR) is 161 cm³/mol. The van der Waals surface area contributed by atoms with Gasteiger partial charge < -0.3 is 9.84 Å². The molecule has 5 aliphatic carbocycles. The summed E-state index contributed by atoms with van der Waals surface area (Å²) in [6, 6.07) is 10.2. The number of aliphatic hydroxyl groups excluding tert-OH is 1. The first-order valence-electron chi connectivity index (χ1n) is 16.3. The van der Waals surface area contributed by atoms with E-state index in [0.717, 1.165) is 56.9 Å². The molecule has 220 valence electrons. The number of carbonyl (C=O) groups is 1. The summed E-state index contributed by atoms with van der Waals surface area (Å²) < 4.78 is 6.17. The highest BCUT2D eigenvalue weighted by Gasteiger charge is 2.69. The lowest BCUT2D eigenvalue weighted by atomic mass is 9.33. The molecule has 40 heavy (non-hydrogen) atoms. The van der Waals surface area contributed by atoms with Crippen molar-refractivity contribution in [1.82, 2.24) is 0 Å². The van der Waals surface area contributed by atoms with Gasteiger partial charge in [-0.25, -0.2) is 0 Å². The first kappa shape index (κ1) is 28.5. The van der Waals surface area contributed by atoms with Gasteiger partial charge in [0.25, 0.3) is 0 Å². The fourth-order valence-electron chi connectivity index (χ4n) is 11.5. The second-order valence-electron chi connectivity index (χ2n) is 16.8. The van der Waals surface area contributed by atoms with E-state index in [9.17, 15) is 9.90 Å². The number of carbonyl (C=O) groups excluding carboxylic acids is 1. The van der Waals surface area contributed by atoms with Crippen molar-refractivity contribution in [3.8, 4) is 0 Å². The average Bonchev–Trinajstić information content (AvgIpc) is 2.90. The van der Waals surface area contributed by atoms with Crippen molar-refractivity contribution in [1.29, 1.82) is 0 Å². The number of ether oxygens (including phenoxy) is 1. The number of fused-ring (bicyclic) bond motifs is 7. The van der Waals surface area contributed by atoms with Crippen LogP contribution < -0.4 is 0 Å². The third-order valence-electron chi connectivity index (χ3n) is 14.2. The standard InChI is InChI=1S/C37H54O3/c1-32(2)19-21-37(31(39)40-24-25-11-9-8-10-12-25)22-20-35(6)26(27(37)23-32)13-14-29-34(5)17-16-30(38)33(3,4)28(34)15-18-36(29,35)7/h8-13,27-30,38H,14-24H2,1-7H3/t27-,28+,29-,30+,34+,35-,36-,37+/m1/s1. The lowest BCUT2D eigenvalue weighted by Crippen LogP contribution is -2.65. The van der Waals surface area contributed by atoms with E-state index in [4.69, 9.17) is 4.74 Å². The van der Waals surface area contributed by atoms with Crippen LogP contribution in [0.4, 0.5) is 0 Å². The molecule has 4 fully saturated rings. The van der Waals surface area contributed by atoms with E-state index in [1.807, 2.05) is 18.2 Å². The highest BCUT2D eigenvalue weighted by molar-refractivity contribution is 5.79. The fourth-order valence-corrected chi connectivity index (χ4v) is 11.5. The highest BCUT2D eigenvalue weighted by atomic mass is 16.5. The van der Waals surface area contributed by atoms with Crippen LogP contribution in [0, 0.1) is 50.2 Å². The Kier molecular flexibility index (Phi) is 6.55. The van der Waals surface area contributed by atoms with Crippen LogP contribution in [0.2, 0.25) is 0 Å². The fraction of sp³-hybridized carbons (Fsp3) is 0.757. The molecular formula is C37H54O3. The molecule has 0 amide bonds. The van der Waals surface area contributed by atoms with E-state index in [1.54, 1.807) is 5.57 Å². The van der Waals surface area contributed by atoms with Gasteiger partial charge in [-0.15, -0.1) is 0 Å². The minimum Gasteiger partial charge on any atom is -0.460 e. The van der Waals surface area contributed by atoms with Crippen molar-refractivity contribution in [2.75, 3.05) is 0 Å². The van der Waals surface area contributed by atoms with E-state index >= 15 is 0 Å². The summed E-state index contributed by atoms with van der Waals surface area (Å²) in [6.45, 7) is 17.6. The van der Waals surface area contributed by atoms with Gasteiger partial charge in [-0.3, -0.25) is 4.79 Å². The molecule has 1 aromatic carbocycles. The molecule has 6 rings (SSSR count). The Morgan fingerprint density at radius 1 is 0.875 bits per heavy atom. The topological polar surface area (TPSA) is 46.5 Å². The number of rotatable bonds is 3. The van der Waals surface area contributed by atoms with Crippen LogP contribution in [0.5, 0.6) is 0 Å². The van der Waals surface area contributed by atoms with Gasteiger partial charge in [0, 0.05) is 0 Å². The minimum absolute atomic E-state index is 0.0309. The van der Waals surface area contributed by atoms with E-state index in [1.165, 1.54) is 12.8 Å². The number of hydrogen-bond donors (Lipinski definition) is 1. The summed E-state index contributed by atoms with van der Waals surface area (Å²) in [5.41, 5.74) is 3.03. The van der Waals surface area contributed by atoms with E-state index in [-0.39, 0.29) is 45.1 Å². The van der Waals surface area contributed by atoms with Crippen molar-refractivity contribution in [2.24, 2.45) is 50.2 Å². The van der Waals surface area contributed by atoms with E-state index in [0.29, 0.717) is 18.4 Å². The first-order valence-corrected chi connectivity index (χ1v) is 16.3. The van der Waals surface area contributed by atoms with Crippen LogP contribution in [0.15, 0.2) is 42.0 Å². The maximum atomic E-state index is 14.1. The number of esters is 1. The normalized spacial score (nSPS) is 45.1. The van der Waals surface area contributed by atoms with Gasteiger partial charge in [0.1, 0.15) is 6.61 Å². The Balaban J connectivity index is 1.36. The van der Waals surface area contributed by atoms with Crippen LogP contribution in [0.1, 0.15) is 118 Å². The molecule has 0 radical (unpaired) electrons.